The molecule has 0 aromatic heterocycles. The van der Waals surface area contributed by atoms with Gasteiger partial charge in [-0.2, -0.15) is 0 Å². The van der Waals surface area contributed by atoms with E-state index in [1.165, 1.54) is 45.2 Å². The molecule has 0 aromatic carbocycles. The molecule has 94 valence electrons. The average Bonchev–Trinajstić information content (AvgIpc) is 2.79. The normalized spacial score (nSPS) is 32.6. The number of piperidine rings is 1. The van der Waals surface area contributed by atoms with Crippen molar-refractivity contribution in [3.8, 4) is 0 Å². The first kappa shape index (κ1) is 12.3. The smallest absolute Gasteiger partial charge is 0.0705 e. The summed E-state index contributed by atoms with van der Waals surface area (Å²) in [6, 6.07) is 0.879. The summed E-state index contributed by atoms with van der Waals surface area (Å²) in [5, 5.41) is 0. The molecule has 16 heavy (non-hydrogen) atoms. The summed E-state index contributed by atoms with van der Waals surface area (Å²) in [5.41, 5.74) is 5.66. The molecule has 1 heterocycles. The van der Waals surface area contributed by atoms with Crippen molar-refractivity contribution in [2.24, 2.45) is 11.7 Å². The van der Waals surface area contributed by atoms with Crippen molar-refractivity contribution >= 4 is 0 Å². The van der Waals surface area contributed by atoms with Crippen molar-refractivity contribution in [1.82, 2.24) is 4.90 Å². The fraction of sp³-hybridized carbons (Fsp3) is 1.00. The van der Waals surface area contributed by atoms with Gasteiger partial charge in [0.1, 0.15) is 0 Å². The Balaban J connectivity index is 1.79. The van der Waals surface area contributed by atoms with Crippen molar-refractivity contribution in [3.63, 3.8) is 0 Å². The van der Waals surface area contributed by atoms with Crippen molar-refractivity contribution in [2.45, 2.75) is 50.7 Å². The van der Waals surface area contributed by atoms with Gasteiger partial charge in [-0.1, -0.05) is 6.42 Å². The highest BCUT2D eigenvalue weighted by Crippen LogP contribution is 2.36. The van der Waals surface area contributed by atoms with E-state index in [0.717, 1.165) is 18.4 Å². The molecule has 1 aliphatic heterocycles. The second-order valence-corrected chi connectivity index (χ2v) is 5.32. The van der Waals surface area contributed by atoms with E-state index in [1.54, 1.807) is 7.11 Å². The van der Waals surface area contributed by atoms with Gasteiger partial charge in [-0.05, 0) is 44.6 Å². The van der Waals surface area contributed by atoms with E-state index >= 15 is 0 Å². The van der Waals surface area contributed by atoms with Gasteiger partial charge >= 0.3 is 0 Å². The van der Waals surface area contributed by atoms with Crippen LogP contribution in [0.1, 0.15) is 38.5 Å². The predicted molar refractivity (Wildman–Crippen MR) is 66.4 cm³/mol. The Morgan fingerprint density at radius 1 is 1.31 bits per heavy atom. The van der Waals surface area contributed by atoms with Crippen LogP contribution in [0.25, 0.3) is 0 Å². The Morgan fingerprint density at radius 2 is 2.12 bits per heavy atom. The SMILES string of the molecule is COC(CN)CCN1CCCC2CCCC21. The van der Waals surface area contributed by atoms with Crippen molar-refractivity contribution < 1.29 is 4.74 Å². The number of rotatable bonds is 5. The van der Waals surface area contributed by atoms with Crippen LogP contribution in [-0.2, 0) is 4.74 Å². The number of methoxy groups -OCH3 is 1. The van der Waals surface area contributed by atoms with E-state index in [4.69, 9.17) is 10.5 Å². The molecule has 3 atom stereocenters. The van der Waals surface area contributed by atoms with Gasteiger partial charge < -0.3 is 15.4 Å². The van der Waals surface area contributed by atoms with Crippen LogP contribution in [-0.4, -0.2) is 43.8 Å². The maximum Gasteiger partial charge on any atom is 0.0705 e. The third-order valence-electron chi connectivity index (χ3n) is 4.44. The summed E-state index contributed by atoms with van der Waals surface area (Å²) in [6.45, 7) is 3.12. The van der Waals surface area contributed by atoms with Crippen LogP contribution in [0.2, 0.25) is 0 Å². The summed E-state index contributed by atoms with van der Waals surface area (Å²) in [5.74, 6) is 0.993. The zero-order chi connectivity index (χ0) is 11.4. The zero-order valence-electron chi connectivity index (χ0n) is 10.5. The zero-order valence-corrected chi connectivity index (χ0v) is 10.5. The average molecular weight is 226 g/mol. The highest BCUT2D eigenvalue weighted by atomic mass is 16.5. The predicted octanol–water partition coefficient (Wildman–Crippen LogP) is 1.61. The van der Waals surface area contributed by atoms with Gasteiger partial charge in [-0.25, -0.2) is 0 Å². The van der Waals surface area contributed by atoms with Crippen LogP contribution in [0, 0.1) is 5.92 Å². The number of nitrogens with two attached hydrogens (primary N) is 1. The Bertz CT molecular complexity index is 206. The highest BCUT2D eigenvalue weighted by molar-refractivity contribution is 4.89. The first-order valence-electron chi connectivity index (χ1n) is 6.82. The fourth-order valence-corrected chi connectivity index (χ4v) is 3.48. The standard InChI is InChI=1S/C13H26N2O/c1-16-12(10-14)7-9-15-8-3-5-11-4-2-6-13(11)15/h11-13H,2-10,14H2,1H3. The number of fused-ring (bicyclic) bond motifs is 1. The summed E-state index contributed by atoms with van der Waals surface area (Å²) < 4.78 is 5.35. The quantitative estimate of drug-likeness (QED) is 0.774. The molecule has 0 radical (unpaired) electrons. The molecule has 3 heteroatoms. The van der Waals surface area contributed by atoms with E-state index in [9.17, 15) is 0 Å². The van der Waals surface area contributed by atoms with E-state index < -0.39 is 0 Å². The van der Waals surface area contributed by atoms with Gasteiger partial charge in [0.2, 0.25) is 0 Å². The lowest BCUT2D eigenvalue weighted by Gasteiger charge is -2.38. The van der Waals surface area contributed by atoms with Crippen LogP contribution >= 0.6 is 0 Å². The maximum absolute atomic E-state index is 5.66. The molecule has 0 aromatic rings. The Kier molecular flexibility index (Phi) is 4.62. The summed E-state index contributed by atoms with van der Waals surface area (Å²) in [7, 11) is 1.77. The molecule has 2 N–H and O–H groups in total. The van der Waals surface area contributed by atoms with Crippen molar-refractivity contribution in [1.29, 1.82) is 0 Å². The lowest BCUT2D eigenvalue weighted by Crippen LogP contribution is -2.44. The van der Waals surface area contributed by atoms with Crippen LogP contribution in [0.4, 0.5) is 0 Å². The monoisotopic (exact) mass is 226 g/mol. The molecule has 3 nitrogen and oxygen atoms in total. The van der Waals surface area contributed by atoms with Crippen LogP contribution in [0.5, 0.6) is 0 Å². The van der Waals surface area contributed by atoms with Gasteiger partial charge in [0, 0.05) is 26.2 Å². The Hall–Kier alpha value is -0.120. The molecule has 3 unspecified atom stereocenters. The van der Waals surface area contributed by atoms with E-state index in [-0.39, 0.29) is 6.10 Å². The van der Waals surface area contributed by atoms with Crippen molar-refractivity contribution in [3.05, 3.63) is 0 Å². The minimum atomic E-state index is 0.252. The summed E-state index contributed by atoms with van der Waals surface area (Å²) in [4.78, 5) is 2.70. The summed E-state index contributed by atoms with van der Waals surface area (Å²) >= 11 is 0. The van der Waals surface area contributed by atoms with Gasteiger partial charge in [0.05, 0.1) is 6.10 Å². The second kappa shape index (κ2) is 5.99. The molecule has 1 saturated carbocycles. The van der Waals surface area contributed by atoms with E-state index in [1.807, 2.05) is 0 Å². The third-order valence-corrected chi connectivity index (χ3v) is 4.44. The molecular weight excluding hydrogens is 200 g/mol. The molecule has 2 fully saturated rings. The van der Waals surface area contributed by atoms with E-state index in [0.29, 0.717) is 6.54 Å². The fourth-order valence-electron chi connectivity index (χ4n) is 3.48. The van der Waals surface area contributed by atoms with Crippen LogP contribution < -0.4 is 5.73 Å². The van der Waals surface area contributed by atoms with Gasteiger partial charge in [0.25, 0.3) is 0 Å². The van der Waals surface area contributed by atoms with Crippen molar-refractivity contribution in [2.75, 3.05) is 26.7 Å². The minimum Gasteiger partial charge on any atom is -0.380 e. The van der Waals surface area contributed by atoms with Gasteiger partial charge in [-0.15, -0.1) is 0 Å². The third kappa shape index (κ3) is 2.76. The molecule has 2 aliphatic rings. The second-order valence-electron chi connectivity index (χ2n) is 5.32. The molecule has 0 bridgehead atoms. The minimum absolute atomic E-state index is 0.252. The van der Waals surface area contributed by atoms with Crippen LogP contribution in [0.15, 0.2) is 0 Å². The largest absolute Gasteiger partial charge is 0.380 e. The van der Waals surface area contributed by atoms with Gasteiger partial charge in [-0.3, -0.25) is 0 Å². The number of hydrogen-bond donors (Lipinski definition) is 1. The summed E-state index contributed by atoms with van der Waals surface area (Å²) in [6.07, 6.45) is 8.53. The van der Waals surface area contributed by atoms with Gasteiger partial charge in [0.15, 0.2) is 0 Å². The first-order valence-corrected chi connectivity index (χ1v) is 6.82. The molecule has 1 saturated heterocycles. The number of nitrogens with zero attached hydrogens (tertiary/aromatic N) is 1. The molecular formula is C13H26N2O. The first-order chi connectivity index (χ1) is 7.85. The topological polar surface area (TPSA) is 38.5 Å². The highest BCUT2D eigenvalue weighted by Gasteiger charge is 2.34. The Morgan fingerprint density at radius 3 is 2.88 bits per heavy atom. The lowest BCUT2D eigenvalue weighted by molar-refractivity contribution is 0.0626. The Labute approximate surface area is 99.3 Å². The number of hydrogen-bond acceptors (Lipinski definition) is 3. The number of ether oxygens (including phenoxy) is 1. The van der Waals surface area contributed by atoms with Crippen LogP contribution in [0.3, 0.4) is 0 Å². The number of likely N-dealkylation sites (tertiary alicyclic amines) is 1. The maximum atomic E-state index is 5.66. The van der Waals surface area contributed by atoms with E-state index in [2.05, 4.69) is 4.90 Å². The molecule has 2 rings (SSSR count). The molecule has 1 aliphatic carbocycles. The lowest BCUT2D eigenvalue weighted by atomic mass is 9.92. The molecule has 0 amide bonds. The molecule has 0 spiro atoms.